The average Bonchev–Trinajstić information content (AvgIpc) is 2.36. The Labute approximate surface area is 127 Å². The molecule has 0 radical (unpaired) electrons. The molecular weight excluding hydrogens is 297 g/mol. The number of carbonyl (C=O) groups excluding carboxylic acids is 1. The number of nitrogens with one attached hydrogen (secondary N) is 1. The quantitative estimate of drug-likeness (QED) is 0.895. The highest BCUT2D eigenvalue weighted by atomic mass is 19.4. The summed E-state index contributed by atoms with van der Waals surface area (Å²) in [5, 5.41) is 2.63. The summed E-state index contributed by atoms with van der Waals surface area (Å²) in [5.41, 5.74) is 6.22. The van der Waals surface area contributed by atoms with Gasteiger partial charge in [-0.1, -0.05) is 26.8 Å². The zero-order valence-corrected chi connectivity index (χ0v) is 13.0. The number of halogens is 3. The van der Waals surface area contributed by atoms with Gasteiger partial charge >= 0.3 is 6.18 Å². The number of hydrogen-bond acceptors (Lipinski definition) is 3. The van der Waals surface area contributed by atoms with Crippen LogP contribution in [0.25, 0.3) is 0 Å². The van der Waals surface area contributed by atoms with Crippen LogP contribution in [0.4, 0.5) is 18.9 Å². The third-order valence-electron chi connectivity index (χ3n) is 3.15. The minimum absolute atomic E-state index is 0.0689. The number of rotatable bonds is 4. The van der Waals surface area contributed by atoms with Crippen molar-refractivity contribution in [2.24, 2.45) is 11.1 Å². The van der Waals surface area contributed by atoms with E-state index in [1.54, 1.807) is 13.0 Å². The molecule has 0 aliphatic heterocycles. The summed E-state index contributed by atoms with van der Waals surface area (Å²) in [6, 6.07) is 3.77. The van der Waals surface area contributed by atoms with E-state index in [9.17, 15) is 18.0 Å². The second-order valence-corrected chi connectivity index (χ2v) is 6.17. The van der Waals surface area contributed by atoms with Gasteiger partial charge in [0, 0.05) is 11.3 Å². The molecule has 3 N–H and O–H groups in total. The predicted octanol–water partition coefficient (Wildman–Crippen LogP) is 3.25. The first-order valence-electron chi connectivity index (χ1n) is 6.77. The molecule has 1 aromatic rings. The number of nitrogens with two attached hydrogens (primary N) is 1. The minimum atomic E-state index is -4.42. The molecule has 1 aromatic carbocycles. The maximum atomic E-state index is 12.2. The van der Waals surface area contributed by atoms with Crippen molar-refractivity contribution in [2.45, 2.75) is 39.9 Å². The predicted molar refractivity (Wildman–Crippen MR) is 78.8 cm³/mol. The van der Waals surface area contributed by atoms with Gasteiger partial charge in [-0.05, 0) is 24.5 Å². The molecule has 0 spiro atoms. The molecule has 124 valence electrons. The summed E-state index contributed by atoms with van der Waals surface area (Å²) in [4.78, 5) is 12.1. The van der Waals surface area contributed by atoms with Crippen LogP contribution in [0.3, 0.4) is 0 Å². The van der Waals surface area contributed by atoms with Crippen LogP contribution >= 0.6 is 0 Å². The Morgan fingerprint density at radius 1 is 1.32 bits per heavy atom. The third-order valence-corrected chi connectivity index (χ3v) is 3.15. The lowest BCUT2D eigenvalue weighted by Gasteiger charge is -2.26. The van der Waals surface area contributed by atoms with Crippen molar-refractivity contribution in [1.82, 2.24) is 0 Å². The molecule has 0 saturated heterocycles. The number of benzene rings is 1. The highest BCUT2D eigenvalue weighted by Gasteiger charge is 2.29. The summed E-state index contributed by atoms with van der Waals surface area (Å²) in [6.07, 6.45) is -4.42. The number of ether oxygens (including phenoxy) is 1. The minimum Gasteiger partial charge on any atom is -0.484 e. The fraction of sp³-hybridized carbons (Fsp3) is 0.533. The number of anilines is 1. The van der Waals surface area contributed by atoms with Crippen LogP contribution < -0.4 is 15.8 Å². The van der Waals surface area contributed by atoms with Gasteiger partial charge in [0.2, 0.25) is 5.91 Å². The zero-order chi connectivity index (χ0) is 17.1. The molecule has 4 nitrogen and oxygen atoms in total. The smallest absolute Gasteiger partial charge is 0.422 e. The number of alkyl halides is 3. The lowest BCUT2D eigenvalue weighted by Crippen LogP contribution is -2.45. The number of carbonyl (C=O) groups is 1. The Bertz CT molecular complexity index is 537. The largest absolute Gasteiger partial charge is 0.484 e. The average molecular weight is 318 g/mol. The molecular formula is C15H21F3N2O2. The molecule has 0 saturated carbocycles. The Kier molecular flexibility index (Phi) is 5.45. The van der Waals surface area contributed by atoms with E-state index in [4.69, 9.17) is 10.5 Å². The van der Waals surface area contributed by atoms with Crippen LogP contribution in [0, 0.1) is 12.3 Å². The van der Waals surface area contributed by atoms with E-state index in [1.165, 1.54) is 12.1 Å². The molecule has 0 heterocycles. The van der Waals surface area contributed by atoms with Crippen LogP contribution in [-0.4, -0.2) is 24.7 Å². The van der Waals surface area contributed by atoms with Gasteiger partial charge in [0.1, 0.15) is 5.75 Å². The van der Waals surface area contributed by atoms with Crippen LogP contribution in [0.2, 0.25) is 0 Å². The Hall–Kier alpha value is -1.76. The molecule has 22 heavy (non-hydrogen) atoms. The van der Waals surface area contributed by atoms with E-state index in [2.05, 4.69) is 5.32 Å². The molecule has 0 unspecified atom stereocenters. The standard InChI is InChI=1S/C15H21F3N2O2/c1-9-10(20-13(21)12(19)14(2,3)4)6-5-7-11(9)22-8-15(16,17)18/h5-7,12H,8,19H2,1-4H3,(H,20,21)/t12-/m1/s1. The van der Waals surface area contributed by atoms with Gasteiger partial charge < -0.3 is 15.8 Å². The highest BCUT2D eigenvalue weighted by molar-refractivity contribution is 5.96. The van der Waals surface area contributed by atoms with E-state index in [0.29, 0.717) is 11.3 Å². The summed E-state index contributed by atoms with van der Waals surface area (Å²) in [6.45, 7) is 5.67. The van der Waals surface area contributed by atoms with Gasteiger partial charge in [0.15, 0.2) is 6.61 Å². The molecule has 0 aliphatic carbocycles. The Balaban J connectivity index is 2.87. The number of hydrogen-bond donors (Lipinski definition) is 2. The van der Waals surface area contributed by atoms with Crippen molar-refractivity contribution < 1.29 is 22.7 Å². The lowest BCUT2D eigenvalue weighted by molar-refractivity contribution is -0.153. The van der Waals surface area contributed by atoms with Crippen molar-refractivity contribution >= 4 is 11.6 Å². The van der Waals surface area contributed by atoms with Crippen molar-refractivity contribution in [3.8, 4) is 5.75 Å². The fourth-order valence-electron chi connectivity index (χ4n) is 1.67. The summed E-state index contributed by atoms with van der Waals surface area (Å²) < 4.78 is 41.4. The molecule has 1 amide bonds. The SMILES string of the molecule is Cc1c(NC(=O)[C@@H](N)C(C)(C)C)cccc1OCC(F)(F)F. The summed E-state index contributed by atoms with van der Waals surface area (Å²) in [7, 11) is 0. The van der Waals surface area contributed by atoms with Crippen molar-refractivity contribution in [3.63, 3.8) is 0 Å². The first-order chi connectivity index (χ1) is 9.92. The van der Waals surface area contributed by atoms with Gasteiger partial charge in [-0.15, -0.1) is 0 Å². The van der Waals surface area contributed by atoms with Crippen LogP contribution in [0.5, 0.6) is 5.75 Å². The Morgan fingerprint density at radius 3 is 2.41 bits per heavy atom. The second kappa shape index (κ2) is 6.56. The van der Waals surface area contributed by atoms with Gasteiger partial charge in [0.25, 0.3) is 0 Å². The van der Waals surface area contributed by atoms with Crippen LogP contribution in [-0.2, 0) is 4.79 Å². The van der Waals surface area contributed by atoms with Crippen molar-refractivity contribution in [3.05, 3.63) is 23.8 Å². The fourth-order valence-corrected chi connectivity index (χ4v) is 1.67. The molecule has 7 heteroatoms. The van der Waals surface area contributed by atoms with E-state index in [1.807, 2.05) is 20.8 Å². The first kappa shape index (κ1) is 18.3. The third kappa shape index (κ3) is 5.22. The lowest BCUT2D eigenvalue weighted by atomic mass is 9.87. The maximum absolute atomic E-state index is 12.2. The van der Waals surface area contributed by atoms with Crippen LogP contribution in [0.15, 0.2) is 18.2 Å². The second-order valence-electron chi connectivity index (χ2n) is 6.17. The maximum Gasteiger partial charge on any atom is 0.422 e. The molecule has 1 rings (SSSR count). The van der Waals surface area contributed by atoms with Gasteiger partial charge in [0.05, 0.1) is 6.04 Å². The van der Waals surface area contributed by atoms with Gasteiger partial charge in [-0.2, -0.15) is 13.2 Å². The highest BCUT2D eigenvalue weighted by Crippen LogP contribution is 2.28. The summed E-state index contributed by atoms with van der Waals surface area (Å²) >= 11 is 0. The van der Waals surface area contributed by atoms with Crippen LogP contribution in [0.1, 0.15) is 26.3 Å². The first-order valence-corrected chi connectivity index (χ1v) is 6.77. The monoisotopic (exact) mass is 318 g/mol. The van der Waals surface area contributed by atoms with E-state index < -0.39 is 30.1 Å². The summed E-state index contributed by atoms with van der Waals surface area (Å²) in [5.74, 6) is -0.331. The molecule has 0 aliphatic rings. The zero-order valence-electron chi connectivity index (χ0n) is 13.0. The number of amides is 1. The molecule has 1 atom stereocenters. The molecule has 0 bridgehead atoms. The van der Waals surface area contributed by atoms with Gasteiger partial charge in [-0.3, -0.25) is 4.79 Å². The molecule has 0 fully saturated rings. The topological polar surface area (TPSA) is 64.4 Å². The van der Waals surface area contributed by atoms with E-state index in [0.717, 1.165) is 0 Å². The van der Waals surface area contributed by atoms with E-state index >= 15 is 0 Å². The van der Waals surface area contributed by atoms with Gasteiger partial charge in [-0.25, -0.2) is 0 Å². The van der Waals surface area contributed by atoms with Crippen molar-refractivity contribution in [2.75, 3.05) is 11.9 Å². The van der Waals surface area contributed by atoms with Crippen molar-refractivity contribution in [1.29, 1.82) is 0 Å². The van der Waals surface area contributed by atoms with E-state index in [-0.39, 0.29) is 5.75 Å². The Morgan fingerprint density at radius 2 is 1.91 bits per heavy atom. The normalized spacial score (nSPS) is 13.6. The molecule has 0 aromatic heterocycles.